The molecule has 0 spiro atoms. The maximum atomic E-state index is 6.09. The van der Waals surface area contributed by atoms with Crippen LogP contribution in [0, 0.1) is 12.3 Å². The number of benzene rings is 1. The summed E-state index contributed by atoms with van der Waals surface area (Å²) in [5.41, 5.74) is 8.63. The number of anilines is 1. The zero-order chi connectivity index (χ0) is 13.2. The first-order valence-corrected chi connectivity index (χ1v) is 5.89. The van der Waals surface area contributed by atoms with E-state index >= 15 is 0 Å². The number of fused-ring (bicyclic) bond motifs is 1. The molecule has 0 atom stereocenters. The third-order valence-electron chi connectivity index (χ3n) is 3.03. The SMILES string of the molecule is C#CCn1cnc(-c2cccc3cccnc23)c1N. The van der Waals surface area contributed by atoms with Crippen LogP contribution in [0.2, 0.25) is 0 Å². The molecule has 2 heterocycles. The smallest absolute Gasteiger partial charge is 0.132 e. The van der Waals surface area contributed by atoms with Crippen molar-refractivity contribution in [2.45, 2.75) is 6.54 Å². The Bertz CT molecular complexity index is 775. The summed E-state index contributed by atoms with van der Waals surface area (Å²) >= 11 is 0. The number of hydrogen-bond donors (Lipinski definition) is 1. The van der Waals surface area contributed by atoms with Gasteiger partial charge in [0.25, 0.3) is 0 Å². The van der Waals surface area contributed by atoms with Crippen molar-refractivity contribution in [1.82, 2.24) is 14.5 Å². The van der Waals surface area contributed by atoms with Gasteiger partial charge in [-0.3, -0.25) is 4.98 Å². The van der Waals surface area contributed by atoms with Gasteiger partial charge in [-0.2, -0.15) is 0 Å². The van der Waals surface area contributed by atoms with Gasteiger partial charge in [0.15, 0.2) is 0 Å². The summed E-state index contributed by atoms with van der Waals surface area (Å²) in [5, 5.41) is 1.06. The molecule has 4 nitrogen and oxygen atoms in total. The van der Waals surface area contributed by atoms with Gasteiger partial charge in [0.2, 0.25) is 0 Å². The molecule has 0 saturated heterocycles. The second-order valence-electron chi connectivity index (χ2n) is 4.19. The lowest BCUT2D eigenvalue weighted by Crippen LogP contribution is -2.00. The van der Waals surface area contributed by atoms with Crippen LogP contribution in [0.25, 0.3) is 22.2 Å². The molecule has 0 fully saturated rings. The Labute approximate surface area is 110 Å². The van der Waals surface area contributed by atoms with E-state index in [1.165, 1.54) is 0 Å². The normalized spacial score (nSPS) is 10.5. The lowest BCUT2D eigenvalue weighted by atomic mass is 10.1. The number of aromatic nitrogens is 3. The first kappa shape index (κ1) is 11.3. The Balaban J connectivity index is 2.23. The van der Waals surface area contributed by atoms with Gasteiger partial charge in [-0.1, -0.05) is 30.2 Å². The lowest BCUT2D eigenvalue weighted by Gasteiger charge is -2.05. The summed E-state index contributed by atoms with van der Waals surface area (Å²) < 4.78 is 1.75. The molecule has 0 aliphatic rings. The Morgan fingerprint density at radius 1 is 1.21 bits per heavy atom. The molecule has 0 saturated carbocycles. The van der Waals surface area contributed by atoms with Gasteiger partial charge in [0.05, 0.1) is 18.4 Å². The monoisotopic (exact) mass is 248 g/mol. The number of nitrogen functional groups attached to an aromatic ring is 1. The molecular formula is C15H12N4. The second kappa shape index (κ2) is 4.46. The number of pyridine rings is 1. The van der Waals surface area contributed by atoms with E-state index in [-0.39, 0.29) is 0 Å². The van der Waals surface area contributed by atoms with E-state index in [2.05, 4.69) is 15.9 Å². The van der Waals surface area contributed by atoms with Crippen LogP contribution >= 0.6 is 0 Å². The minimum absolute atomic E-state index is 0.414. The number of rotatable bonds is 2. The fourth-order valence-electron chi connectivity index (χ4n) is 2.12. The average molecular weight is 248 g/mol. The predicted octanol–water partition coefficient (Wildman–Crippen LogP) is 2.31. The van der Waals surface area contributed by atoms with Crippen molar-refractivity contribution in [2.24, 2.45) is 0 Å². The van der Waals surface area contributed by atoms with Crippen molar-refractivity contribution >= 4 is 16.7 Å². The Kier molecular flexibility index (Phi) is 2.66. The first-order chi connectivity index (χ1) is 9.31. The van der Waals surface area contributed by atoms with E-state index in [0.29, 0.717) is 12.4 Å². The van der Waals surface area contributed by atoms with Crippen LogP contribution in [-0.2, 0) is 6.54 Å². The molecule has 0 amide bonds. The third-order valence-corrected chi connectivity index (χ3v) is 3.03. The van der Waals surface area contributed by atoms with Gasteiger partial charge in [-0.15, -0.1) is 6.42 Å². The molecule has 0 aliphatic carbocycles. The van der Waals surface area contributed by atoms with Crippen molar-refractivity contribution < 1.29 is 0 Å². The summed E-state index contributed by atoms with van der Waals surface area (Å²) in [6, 6.07) is 9.88. The summed E-state index contributed by atoms with van der Waals surface area (Å²) in [6.07, 6.45) is 8.72. The van der Waals surface area contributed by atoms with Crippen molar-refractivity contribution in [3.63, 3.8) is 0 Å². The van der Waals surface area contributed by atoms with E-state index in [1.807, 2.05) is 30.3 Å². The van der Waals surface area contributed by atoms with E-state index < -0.39 is 0 Å². The Hall–Kier alpha value is -2.80. The first-order valence-electron chi connectivity index (χ1n) is 5.89. The molecule has 3 aromatic rings. The Morgan fingerprint density at radius 3 is 2.89 bits per heavy atom. The zero-order valence-corrected chi connectivity index (χ0v) is 10.2. The van der Waals surface area contributed by atoms with Crippen LogP contribution in [0.3, 0.4) is 0 Å². The standard InChI is InChI=1S/C15H12N4/c1-2-9-19-10-18-14(15(19)16)12-7-3-5-11-6-4-8-17-13(11)12/h1,3-8,10H,9,16H2. The summed E-state index contributed by atoms with van der Waals surface area (Å²) in [6.45, 7) is 0.414. The zero-order valence-electron chi connectivity index (χ0n) is 10.2. The van der Waals surface area contributed by atoms with Crippen LogP contribution in [-0.4, -0.2) is 14.5 Å². The molecule has 0 radical (unpaired) electrons. The summed E-state index contributed by atoms with van der Waals surface area (Å²) in [7, 11) is 0. The average Bonchev–Trinajstić information content (AvgIpc) is 2.80. The number of nitrogens with two attached hydrogens (primary N) is 1. The van der Waals surface area contributed by atoms with Gasteiger partial charge in [-0.05, 0) is 6.07 Å². The minimum Gasteiger partial charge on any atom is -0.383 e. The topological polar surface area (TPSA) is 56.7 Å². The maximum absolute atomic E-state index is 6.09. The molecule has 3 rings (SSSR count). The van der Waals surface area contributed by atoms with Gasteiger partial charge in [0, 0.05) is 17.1 Å². The minimum atomic E-state index is 0.414. The molecule has 92 valence electrons. The molecule has 2 N–H and O–H groups in total. The van der Waals surface area contributed by atoms with E-state index in [0.717, 1.165) is 22.2 Å². The van der Waals surface area contributed by atoms with Gasteiger partial charge < -0.3 is 10.3 Å². The molecule has 19 heavy (non-hydrogen) atoms. The molecule has 2 aromatic heterocycles. The highest BCUT2D eigenvalue weighted by Crippen LogP contribution is 2.29. The van der Waals surface area contributed by atoms with Crippen molar-refractivity contribution in [1.29, 1.82) is 0 Å². The summed E-state index contributed by atoms with van der Waals surface area (Å²) in [5.74, 6) is 3.12. The molecule has 0 aliphatic heterocycles. The number of terminal acetylenes is 1. The van der Waals surface area contributed by atoms with E-state index in [4.69, 9.17) is 12.2 Å². The molecule has 0 unspecified atom stereocenters. The van der Waals surface area contributed by atoms with Crippen molar-refractivity contribution in [3.8, 4) is 23.6 Å². The second-order valence-corrected chi connectivity index (χ2v) is 4.19. The van der Waals surface area contributed by atoms with Crippen LogP contribution < -0.4 is 5.73 Å². The largest absolute Gasteiger partial charge is 0.383 e. The van der Waals surface area contributed by atoms with E-state index in [1.54, 1.807) is 17.1 Å². The van der Waals surface area contributed by atoms with Gasteiger partial charge >= 0.3 is 0 Å². The van der Waals surface area contributed by atoms with Crippen LogP contribution in [0.4, 0.5) is 5.82 Å². The van der Waals surface area contributed by atoms with Crippen molar-refractivity contribution in [3.05, 3.63) is 42.9 Å². The molecular weight excluding hydrogens is 236 g/mol. The van der Waals surface area contributed by atoms with Crippen molar-refractivity contribution in [2.75, 3.05) is 5.73 Å². The molecule has 0 bridgehead atoms. The number of para-hydroxylation sites is 1. The third kappa shape index (κ3) is 1.81. The Morgan fingerprint density at radius 2 is 2.05 bits per heavy atom. The fraction of sp³-hybridized carbons (Fsp3) is 0.0667. The number of imidazole rings is 1. The highest BCUT2D eigenvalue weighted by Gasteiger charge is 2.12. The van der Waals surface area contributed by atoms with Crippen LogP contribution in [0.15, 0.2) is 42.9 Å². The highest BCUT2D eigenvalue weighted by atomic mass is 15.1. The van der Waals surface area contributed by atoms with Gasteiger partial charge in [0.1, 0.15) is 11.5 Å². The highest BCUT2D eigenvalue weighted by molar-refractivity contribution is 5.94. The maximum Gasteiger partial charge on any atom is 0.132 e. The number of nitrogens with zero attached hydrogens (tertiary/aromatic N) is 3. The van der Waals surface area contributed by atoms with Crippen LogP contribution in [0.5, 0.6) is 0 Å². The molecule has 4 heteroatoms. The quantitative estimate of drug-likeness (QED) is 0.708. The fourth-order valence-corrected chi connectivity index (χ4v) is 2.12. The summed E-state index contributed by atoms with van der Waals surface area (Å²) in [4.78, 5) is 8.77. The van der Waals surface area contributed by atoms with Crippen LogP contribution in [0.1, 0.15) is 0 Å². The number of hydrogen-bond acceptors (Lipinski definition) is 3. The molecule has 1 aromatic carbocycles. The lowest BCUT2D eigenvalue weighted by molar-refractivity contribution is 0.852. The van der Waals surface area contributed by atoms with E-state index in [9.17, 15) is 0 Å². The van der Waals surface area contributed by atoms with Gasteiger partial charge in [-0.25, -0.2) is 4.98 Å². The predicted molar refractivity (Wildman–Crippen MR) is 76.2 cm³/mol.